The molecule has 5 N–H and O–H groups in total. The second kappa shape index (κ2) is 14.0. The Kier molecular flexibility index (Phi) is 10.8. The number of anilines is 1. The molecule has 2 aromatic carbocycles. The number of aromatic nitrogens is 1. The Morgan fingerprint density at radius 3 is 2.34 bits per heavy atom. The molecule has 208 valence electrons. The highest BCUT2D eigenvalue weighted by Crippen LogP contribution is 2.32. The lowest BCUT2D eigenvalue weighted by molar-refractivity contribution is 0.0954. The van der Waals surface area contributed by atoms with Crippen LogP contribution in [-0.2, 0) is 0 Å². The normalized spacial score (nSPS) is 11.5. The van der Waals surface area contributed by atoms with E-state index < -0.39 is 0 Å². The van der Waals surface area contributed by atoms with Crippen LogP contribution in [0.1, 0.15) is 29.6 Å². The number of H-pyrrole nitrogens is 1. The van der Waals surface area contributed by atoms with Gasteiger partial charge in [-0.3, -0.25) is 9.59 Å². The molecule has 0 spiro atoms. The topological polar surface area (TPSA) is 125 Å². The fourth-order valence-electron chi connectivity index (χ4n) is 4.48. The molecule has 0 aliphatic heterocycles. The quantitative estimate of drug-likeness (QED) is 0.176. The molecule has 38 heavy (non-hydrogen) atoms. The third-order valence-corrected chi connectivity index (χ3v) is 6.55. The third-order valence-electron chi connectivity index (χ3n) is 6.55. The van der Waals surface area contributed by atoms with Crippen molar-refractivity contribution in [1.29, 1.82) is 0 Å². The van der Waals surface area contributed by atoms with Crippen LogP contribution >= 0.6 is 0 Å². The molecule has 0 atom stereocenters. The van der Waals surface area contributed by atoms with E-state index in [0.717, 1.165) is 38.9 Å². The zero-order valence-electron chi connectivity index (χ0n) is 23.3. The number of fused-ring (bicyclic) bond motifs is 2. The van der Waals surface area contributed by atoms with Gasteiger partial charge in [0.1, 0.15) is 0 Å². The van der Waals surface area contributed by atoms with Gasteiger partial charge in [0.15, 0.2) is 16.9 Å². The van der Waals surface area contributed by atoms with Crippen LogP contribution in [0, 0.1) is 0 Å². The van der Waals surface area contributed by atoms with Crippen molar-refractivity contribution in [3.05, 3.63) is 40.1 Å². The minimum absolute atomic E-state index is 0.181. The maximum absolute atomic E-state index is 13.8. The number of carbonyl (C=O) groups excluding carboxylic acids is 1. The zero-order chi connectivity index (χ0) is 27.7. The Balaban J connectivity index is 1.99. The van der Waals surface area contributed by atoms with Crippen molar-refractivity contribution < 1.29 is 14.3 Å². The minimum Gasteiger partial charge on any atom is -0.493 e. The van der Waals surface area contributed by atoms with Crippen LogP contribution in [0.5, 0.6) is 11.5 Å². The molecule has 1 amide bonds. The molecule has 0 unspecified atom stereocenters. The summed E-state index contributed by atoms with van der Waals surface area (Å²) < 4.78 is 10.9. The van der Waals surface area contributed by atoms with Crippen molar-refractivity contribution in [2.75, 3.05) is 79.9 Å². The largest absolute Gasteiger partial charge is 0.493 e. The number of amides is 1. The van der Waals surface area contributed by atoms with Gasteiger partial charge in [0.2, 0.25) is 0 Å². The van der Waals surface area contributed by atoms with Gasteiger partial charge >= 0.3 is 0 Å². The van der Waals surface area contributed by atoms with Gasteiger partial charge in [-0.15, -0.1) is 0 Å². The van der Waals surface area contributed by atoms with Gasteiger partial charge < -0.3 is 40.6 Å². The van der Waals surface area contributed by atoms with Crippen LogP contribution < -0.4 is 31.3 Å². The number of nitrogens with one attached hydrogen (secondary N) is 3. The van der Waals surface area contributed by atoms with E-state index in [4.69, 9.17) is 15.2 Å². The molecule has 0 saturated heterocycles. The zero-order valence-corrected chi connectivity index (χ0v) is 23.3. The average molecular weight is 527 g/mol. The van der Waals surface area contributed by atoms with E-state index in [2.05, 4.69) is 32.5 Å². The number of carbonyl (C=O) groups is 1. The number of hydrogen-bond acceptors (Lipinski definition) is 8. The van der Waals surface area contributed by atoms with Gasteiger partial charge in [0, 0.05) is 24.8 Å². The highest BCUT2D eigenvalue weighted by molar-refractivity contribution is 6.11. The van der Waals surface area contributed by atoms with Crippen LogP contribution in [0.15, 0.2) is 29.1 Å². The fourth-order valence-corrected chi connectivity index (χ4v) is 4.48. The summed E-state index contributed by atoms with van der Waals surface area (Å²) in [5.74, 6) is 0.740. The summed E-state index contributed by atoms with van der Waals surface area (Å²) in [5, 5.41) is 7.32. The Bertz CT molecular complexity index is 1290. The first kappa shape index (κ1) is 29.2. The summed E-state index contributed by atoms with van der Waals surface area (Å²) in [6, 6.07) is 6.99. The first-order chi connectivity index (χ1) is 18.3. The standard InChI is InChI=1S/C28H42N6O4/c1-33(2)14-7-13-31-28(36)19-9-10-21(30-12-8-16-34(3)15-6-11-29)25-26(19)32-22-18-24(38-5)23(37-4)17-20(22)27(25)35/h9-10,17-18,30H,6-8,11-16,29H2,1-5H3,(H,31,36)(H,32,35). The van der Waals surface area contributed by atoms with Crippen LogP contribution in [-0.4, -0.2) is 95.3 Å². The second-order valence-corrected chi connectivity index (χ2v) is 9.76. The van der Waals surface area contributed by atoms with E-state index in [9.17, 15) is 9.59 Å². The minimum atomic E-state index is -0.225. The van der Waals surface area contributed by atoms with Crippen molar-refractivity contribution >= 4 is 33.4 Å². The highest BCUT2D eigenvalue weighted by Gasteiger charge is 2.19. The molecule has 0 radical (unpaired) electrons. The second-order valence-electron chi connectivity index (χ2n) is 9.76. The predicted octanol–water partition coefficient (Wildman–Crippen LogP) is 2.46. The summed E-state index contributed by atoms with van der Waals surface area (Å²) in [4.78, 5) is 34.7. The Morgan fingerprint density at radius 2 is 1.66 bits per heavy atom. The summed E-state index contributed by atoms with van der Waals surface area (Å²) in [7, 11) is 9.16. The molecule has 10 heteroatoms. The van der Waals surface area contributed by atoms with Gasteiger partial charge in [-0.1, -0.05) is 0 Å². The smallest absolute Gasteiger partial charge is 0.253 e. The SMILES string of the molecule is COc1cc2[nH]c3c(C(=O)NCCCN(C)C)ccc(NCCCN(C)CCCN)c3c(=O)c2cc1OC. The van der Waals surface area contributed by atoms with Gasteiger partial charge in [-0.25, -0.2) is 0 Å². The summed E-state index contributed by atoms with van der Waals surface area (Å²) in [6.45, 7) is 4.63. The van der Waals surface area contributed by atoms with Crippen LogP contribution in [0.25, 0.3) is 21.8 Å². The summed E-state index contributed by atoms with van der Waals surface area (Å²) in [6.07, 6.45) is 2.68. The predicted molar refractivity (Wildman–Crippen MR) is 155 cm³/mol. The van der Waals surface area contributed by atoms with Crippen molar-refractivity contribution in [2.24, 2.45) is 5.73 Å². The van der Waals surface area contributed by atoms with E-state index in [0.29, 0.717) is 64.2 Å². The number of nitrogens with zero attached hydrogens (tertiary/aromatic N) is 2. The lowest BCUT2D eigenvalue weighted by atomic mass is 10.0. The number of methoxy groups -OCH3 is 2. The molecule has 0 aliphatic rings. The molecule has 0 aliphatic carbocycles. The Hall–Kier alpha value is -3.34. The fraction of sp³-hybridized carbons (Fsp3) is 0.500. The van der Waals surface area contributed by atoms with Crippen molar-refractivity contribution in [2.45, 2.75) is 19.3 Å². The third kappa shape index (κ3) is 7.15. The molecule has 3 aromatic rings. The summed E-state index contributed by atoms with van der Waals surface area (Å²) >= 11 is 0. The summed E-state index contributed by atoms with van der Waals surface area (Å²) in [5.41, 5.74) is 7.60. The number of nitrogens with two attached hydrogens (primary N) is 1. The van der Waals surface area contributed by atoms with E-state index in [1.807, 2.05) is 20.2 Å². The first-order valence-electron chi connectivity index (χ1n) is 13.1. The number of aromatic amines is 1. The van der Waals surface area contributed by atoms with Gasteiger partial charge in [-0.2, -0.15) is 0 Å². The monoisotopic (exact) mass is 526 g/mol. The van der Waals surface area contributed by atoms with Gasteiger partial charge in [0.25, 0.3) is 5.91 Å². The van der Waals surface area contributed by atoms with E-state index in [1.54, 1.807) is 25.3 Å². The van der Waals surface area contributed by atoms with E-state index >= 15 is 0 Å². The number of ether oxygens (including phenoxy) is 2. The maximum atomic E-state index is 13.8. The van der Waals surface area contributed by atoms with Gasteiger partial charge in [0.05, 0.1) is 41.6 Å². The lowest BCUT2D eigenvalue weighted by Crippen LogP contribution is -2.28. The maximum Gasteiger partial charge on any atom is 0.253 e. The number of benzene rings is 2. The molecule has 1 aromatic heterocycles. The number of hydrogen-bond donors (Lipinski definition) is 4. The molecular formula is C28H42N6O4. The molecule has 1 heterocycles. The molecular weight excluding hydrogens is 484 g/mol. The van der Waals surface area contributed by atoms with Crippen LogP contribution in [0.4, 0.5) is 5.69 Å². The molecule has 3 rings (SSSR count). The van der Waals surface area contributed by atoms with Crippen molar-refractivity contribution in [1.82, 2.24) is 20.1 Å². The van der Waals surface area contributed by atoms with E-state index in [1.165, 1.54) is 7.11 Å². The number of pyridine rings is 1. The average Bonchev–Trinajstić information content (AvgIpc) is 2.91. The molecule has 0 fully saturated rings. The van der Waals surface area contributed by atoms with Crippen molar-refractivity contribution in [3.63, 3.8) is 0 Å². The Morgan fingerprint density at radius 1 is 0.974 bits per heavy atom. The van der Waals surface area contributed by atoms with Crippen LogP contribution in [0.3, 0.4) is 0 Å². The van der Waals surface area contributed by atoms with Gasteiger partial charge in [-0.05, 0) is 84.8 Å². The lowest BCUT2D eigenvalue weighted by Gasteiger charge is -2.17. The molecule has 0 saturated carbocycles. The number of rotatable bonds is 15. The molecule has 0 bridgehead atoms. The molecule has 10 nitrogen and oxygen atoms in total. The highest BCUT2D eigenvalue weighted by atomic mass is 16.5. The Labute approximate surface area is 224 Å². The van der Waals surface area contributed by atoms with Crippen LogP contribution in [0.2, 0.25) is 0 Å². The van der Waals surface area contributed by atoms with Crippen molar-refractivity contribution in [3.8, 4) is 11.5 Å². The first-order valence-corrected chi connectivity index (χ1v) is 13.1. The van der Waals surface area contributed by atoms with E-state index in [-0.39, 0.29) is 11.3 Å².